The van der Waals surface area contributed by atoms with Gasteiger partial charge in [-0.2, -0.15) is 0 Å². The van der Waals surface area contributed by atoms with Crippen molar-refractivity contribution < 1.29 is 33.8 Å². The second-order valence-corrected chi connectivity index (χ2v) is 7.03. The lowest BCUT2D eigenvalue weighted by molar-refractivity contribution is -0.156. The normalized spacial score (nSPS) is 11.4. The largest absolute Gasteiger partial charge is 0.462 e. The van der Waals surface area contributed by atoms with E-state index in [1.54, 1.807) is 44.2 Å². The molecular formula is C20H21NO7S. The molecule has 1 amide bonds. The van der Waals surface area contributed by atoms with Crippen LogP contribution in [0.15, 0.2) is 30.3 Å². The summed E-state index contributed by atoms with van der Waals surface area (Å²) in [6.07, 6.45) is -1.52. The molecule has 0 spiro atoms. The first-order valence-corrected chi connectivity index (χ1v) is 9.58. The number of amides is 1. The van der Waals surface area contributed by atoms with Gasteiger partial charge in [-0.1, -0.05) is 30.3 Å². The molecule has 0 aliphatic heterocycles. The van der Waals surface area contributed by atoms with Crippen molar-refractivity contribution in [2.24, 2.45) is 0 Å². The summed E-state index contributed by atoms with van der Waals surface area (Å²) in [7, 11) is 0. The number of esters is 2. The number of hydrogen-bond acceptors (Lipinski definition) is 8. The number of nitrogens with one attached hydrogen (secondary N) is 1. The molecule has 0 unspecified atom stereocenters. The number of thiophene rings is 1. The van der Waals surface area contributed by atoms with E-state index in [-0.39, 0.29) is 23.0 Å². The molecule has 0 aliphatic carbocycles. The molecule has 9 heteroatoms. The highest BCUT2D eigenvalue weighted by molar-refractivity contribution is 7.18. The Hall–Kier alpha value is -3.04. The zero-order chi connectivity index (χ0) is 21.6. The van der Waals surface area contributed by atoms with Gasteiger partial charge in [0.05, 0.1) is 17.0 Å². The van der Waals surface area contributed by atoms with Crippen molar-refractivity contribution in [1.29, 1.82) is 0 Å². The number of Topliss-reactive ketones (excluding diaryl/α,β-unsaturated/α-hetero) is 1. The van der Waals surface area contributed by atoms with Crippen LogP contribution in [0.25, 0.3) is 0 Å². The van der Waals surface area contributed by atoms with Gasteiger partial charge in [0, 0.05) is 0 Å². The third-order valence-corrected chi connectivity index (χ3v) is 5.19. The third kappa shape index (κ3) is 5.49. The van der Waals surface area contributed by atoms with Crippen LogP contribution in [0.5, 0.6) is 0 Å². The van der Waals surface area contributed by atoms with Crippen LogP contribution >= 0.6 is 11.3 Å². The SMILES string of the molecule is CCOC(=O)c1c(NC(=O)COC(=O)[C@@H](O)c2ccccc2)sc(C(C)=O)c1C. The molecular weight excluding hydrogens is 398 g/mol. The molecule has 1 atom stereocenters. The highest BCUT2D eigenvalue weighted by atomic mass is 32.1. The summed E-state index contributed by atoms with van der Waals surface area (Å²) in [5.74, 6) is -2.62. The lowest BCUT2D eigenvalue weighted by Gasteiger charge is -2.11. The van der Waals surface area contributed by atoms with Gasteiger partial charge < -0.3 is 19.9 Å². The summed E-state index contributed by atoms with van der Waals surface area (Å²) in [6, 6.07) is 8.14. The summed E-state index contributed by atoms with van der Waals surface area (Å²) in [5, 5.41) is 12.6. The van der Waals surface area contributed by atoms with Gasteiger partial charge in [0.1, 0.15) is 5.00 Å². The van der Waals surface area contributed by atoms with Crippen LogP contribution in [0.3, 0.4) is 0 Å². The number of carbonyl (C=O) groups excluding carboxylic acids is 4. The minimum absolute atomic E-state index is 0.0889. The minimum atomic E-state index is -1.52. The van der Waals surface area contributed by atoms with Crippen molar-refractivity contribution in [2.45, 2.75) is 26.9 Å². The second kappa shape index (κ2) is 9.94. The van der Waals surface area contributed by atoms with Gasteiger partial charge >= 0.3 is 11.9 Å². The van der Waals surface area contributed by atoms with Crippen LogP contribution in [0.1, 0.15) is 51.1 Å². The number of ether oxygens (including phenoxy) is 2. The predicted octanol–water partition coefficient (Wildman–Crippen LogP) is 2.65. The molecule has 0 saturated heterocycles. The Labute approximate surface area is 171 Å². The molecule has 1 heterocycles. The van der Waals surface area contributed by atoms with E-state index in [4.69, 9.17) is 9.47 Å². The number of aliphatic hydroxyl groups excluding tert-OH is 1. The lowest BCUT2D eigenvalue weighted by atomic mass is 10.1. The zero-order valence-electron chi connectivity index (χ0n) is 16.2. The standard InChI is InChI=1S/C20H21NO7S/c1-4-27-19(25)15-11(2)17(12(3)22)29-18(15)21-14(23)10-28-20(26)16(24)13-8-6-5-7-9-13/h5-9,16,24H,4,10H2,1-3H3,(H,21,23)/t16-/m0/s1. The van der Waals surface area contributed by atoms with E-state index >= 15 is 0 Å². The molecule has 154 valence electrons. The van der Waals surface area contributed by atoms with E-state index < -0.39 is 30.6 Å². The molecule has 29 heavy (non-hydrogen) atoms. The summed E-state index contributed by atoms with van der Waals surface area (Å²) in [6.45, 7) is 4.04. The Kier molecular flexibility index (Phi) is 7.63. The first kappa shape index (κ1) is 22.3. The first-order chi connectivity index (χ1) is 13.8. The predicted molar refractivity (Wildman–Crippen MR) is 106 cm³/mol. The quantitative estimate of drug-likeness (QED) is 0.499. The van der Waals surface area contributed by atoms with Gasteiger partial charge in [-0.25, -0.2) is 9.59 Å². The molecule has 2 aromatic rings. The van der Waals surface area contributed by atoms with Crippen molar-refractivity contribution in [3.05, 3.63) is 51.9 Å². The zero-order valence-corrected chi connectivity index (χ0v) is 17.0. The Morgan fingerprint density at radius 1 is 1.14 bits per heavy atom. The fraction of sp³-hybridized carbons (Fsp3) is 0.300. The maximum atomic E-state index is 12.2. The van der Waals surface area contributed by atoms with E-state index in [9.17, 15) is 24.3 Å². The van der Waals surface area contributed by atoms with E-state index in [1.807, 2.05) is 0 Å². The Morgan fingerprint density at radius 3 is 2.38 bits per heavy atom. The number of ketones is 1. The highest BCUT2D eigenvalue weighted by Gasteiger charge is 2.26. The number of hydrogen-bond donors (Lipinski definition) is 2. The van der Waals surface area contributed by atoms with Crippen molar-refractivity contribution >= 4 is 40.0 Å². The van der Waals surface area contributed by atoms with Gasteiger partial charge in [0.15, 0.2) is 18.5 Å². The van der Waals surface area contributed by atoms with Crippen LogP contribution in [0, 0.1) is 6.92 Å². The summed E-state index contributed by atoms with van der Waals surface area (Å²) in [4.78, 5) is 48.4. The molecule has 0 aliphatic rings. The average Bonchev–Trinajstić information content (AvgIpc) is 3.02. The highest BCUT2D eigenvalue weighted by Crippen LogP contribution is 2.34. The molecule has 2 N–H and O–H groups in total. The van der Waals surface area contributed by atoms with E-state index in [0.29, 0.717) is 16.0 Å². The minimum Gasteiger partial charge on any atom is -0.462 e. The fourth-order valence-corrected chi connectivity index (χ4v) is 3.64. The monoisotopic (exact) mass is 419 g/mol. The molecule has 0 saturated carbocycles. The van der Waals surface area contributed by atoms with Crippen LogP contribution in [-0.4, -0.2) is 41.9 Å². The van der Waals surface area contributed by atoms with Crippen molar-refractivity contribution in [1.82, 2.24) is 0 Å². The van der Waals surface area contributed by atoms with Crippen molar-refractivity contribution in [2.75, 3.05) is 18.5 Å². The van der Waals surface area contributed by atoms with Crippen molar-refractivity contribution in [3.8, 4) is 0 Å². The summed E-state index contributed by atoms with van der Waals surface area (Å²) in [5.41, 5.74) is 0.835. The molecule has 2 rings (SSSR count). The Morgan fingerprint density at radius 2 is 1.79 bits per heavy atom. The van der Waals surface area contributed by atoms with Gasteiger partial charge in [-0.05, 0) is 31.9 Å². The van der Waals surface area contributed by atoms with E-state index in [0.717, 1.165) is 11.3 Å². The van der Waals surface area contributed by atoms with Crippen LogP contribution in [0.2, 0.25) is 0 Å². The topological polar surface area (TPSA) is 119 Å². The second-order valence-electron chi connectivity index (χ2n) is 6.01. The first-order valence-electron chi connectivity index (χ1n) is 8.77. The van der Waals surface area contributed by atoms with Gasteiger partial charge in [-0.3, -0.25) is 9.59 Å². The summed E-state index contributed by atoms with van der Waals surface area (Å²) >= 11 is 0.942. The van der Waals surface area contributed by atoms with E-state index in [2.05, 4.69) is 5.32 Å². The number of benzene rings is 1. The number of carbonyl (C=O) groups is 4. The smallest absolute Gasteiger partial charge is 0.341 e. The molecule has 1 aromatic carbocycles. The molecule has 8 nitrogen and oxygen atoms in total. The Bertz CT molecular complexity index is 920. The van der Waals surface area contributed by atoms with Crippen LogP contribution in [-0.2, 0) is 19.1 Å². The molecule has 1 aromatic heterocycles. The maximum absolute atomic E-state index is 12.2. The van der Waals surface area contributed by atoms with Gasteiger partial charge in [-0.15, -0.1) is 11.3 Å². The fourth-order valence-electron chi connectivity index (χ4n) is 2.54. The number of aliphatic hydroxyl groups is 1. The average molecular weight is 419 g/mol. The Balaban J connectivity index is 2.08. The third-order valence-electron chi connectivity index (χ3n) is 3.88. The van der Waals surface area contributed by atoms with Crippen molar-refractivity contribution in [3.63, 3.8) is 0 Å². The maximum Gasteiger partial charge on any atom is 0.341 e. The molecule has 0 bridgehead atoms. The summed E-state index contributed by atoms with van der Waals surface area (Å²) < 4.78 is 9.83. The number of anilines is 1. The molecule has 0 fully saturated rings. The molecule has 0 radical (unpaired) electrons. The van der Waals surface area contributed by atoms with Crippen LogP contribution < -0.4 is 5.32 Å². The van der Waals surface area contributed by atoms with Gasteiger partial charge in [0.25, 0.3) is 5.91 Å². The van der Waals surface area contributed by atoms with E-state index in [1.165, 1.54) is 6.92 Å². The van der Waals surface area contributed by atoms with Crippen LogP contribution in [0.4, 0.5) is 5.00 Å². The lowest BCUT2D eigenvalue weighted by Crippen LogP contribution is -2.24. The number of rotatable bonds is 8. The van der Waals surface area contributed by atoms with Gasteiger partial charge in [0.2, 0.25) is 0 Å².